The monoisotopic (exact) mass is 223 g/mol. The topological polar surface area (TPSA) is 22.1 Å². The first-order chi connectivity index (χ1) is 7.33. The van der Waals surface area contributed by atoms with Gasteiger partial charge in [-0.15, -0.1) is 0 Å². The van der Waals surface area contributed by atoms with Crippen molar-refractivity contribution < 1.29 is 4.74 Å². The molecule has 0 aliphatic heterocycles. The first-order valence-corrected chi connectivity index (χ1v) is 5.93. The highest BCUT2D eigenvalue weighted by atomic mass is 16.5. The van der Waals surface area contributed by atoms with E-state index in [1.165, 1.54) is 0 Å². The number of hydrogen-bond donors (Lipinski definition) is 0. The van der Waals surface area contributed by atoms with Gasteiger partial charge in [-0.05, 0) is 19.9 Å². The lowest BCUT2D eigenvalue weighted by Crippen LogP contribution is -2.42. The van der Waals surface area contributed by atoms with E-state index in [9.17, 15) is 0 Å². The number of pyridine rings is 1. The zero-order chi connectivity index (χ0) is 12.8. The van der Waals surface area contributed by atoms with Crippen LogP contribution in [-0.2, 0) is 0 Å². The Balaban J connectivity index is 0.00000106. The van der Waals surface area contributed by atoms with E-state index in [-0.39, 0.29) is 11.0 Å². The molecule has 0 fully saturated rings. The van der Waals surface area contributed by atoms with Gasteiger partial charge in [0.15, 0.2) is 0 Å². The first kappa shape index (κ1) is 14.9. The molecule has 0 saturated heterocycles. The molecule has 0 saturated carbocycles. The number of aromatic nitrogens is 1. The maximum Gasteiger partial charge on any atom is 0.213 e. The molecule has 1 rings (SSSR count). The molecule has 92 valence electrons. The Morgan fingerprint density at radius 3 is 1.94 bits per heavy atom. The van der Waals surface area contributed by atoms with Crippen LogP contribution in [0, 0.1) is 5.41 Å². The SMILES string of the molecule is CC.CC(C)(C)C(C)(C)Oc1ccccn1. The Kier molecular flexibility index (Phi) is 5.49. The molecule has 1 aromatic rings. The lowest BCUT2D eigenvalue weighted by Gasteiger charge is -2.38. The molecule has 0 unspecified atom stereocenters. The van der Waals surface area contributed by atoms with E-state index in [4.69, 9.17) is 4.74 Å². The van der Waals surface area contributed by atoms with Crippen molar-refractivity contribution in [2.75, 3.05) is 0 Å². The summed E-state index contributed by atoms with van der Waals surface area (Å²) in [4.78, 5) is 4.16. The maximum absolute atomic E-state index is 5.86. The molecule has 0 N–H and O–H groups in total. The number of ether oxygens (including phenoxy) is 1. The van der Waals surface area contributed by atoms with Crippen molar-refractivity contribution in [2.45, 2.75) is 54.1 Å². The lowest BCUT2D eigenvalue weighted by molar-refractivity contribution is -0.00292. The minimum absolute atomic E-state index is 0.0878. The molecule has 0 aliphatic carbocycles. The third-order valence-electron chi connectivity index (χ3n) is 2.80. The third kappa shape index (κ3) is 4.21. The number of hydrogen-bond acceptors (Lipinski definition) is 2. The van der Waals surface area contributed by atoms with Crippen LogP contribution in [0.4, 0.5) is 0 Å². The molecule has 16 heavy (non-hydrogen) atoms. The van der Waals surface area contributed by atoms with Crippen LogP contribution in [0.3, 0.4) is 0 Å². The van der Waals surface area contributed by atoms with Crippen LogP contribution in [0.1, 0.15) is 48.5 Å². The van der Waals surface area contributed by atoms with E-state index in [1.807, 2.05) is 32.0 Å². The second-order valence-corrected chi connectivity index (χ2v) is 5.03. The summed E-state index contributed by atoms with van der Waals surface area (Å²) in [5, 5.41) is 0. The molecule has 2 heteroatoms. The summed E-state index contributed by atoms with van der Waals surface area (Å²) in [6, 6.07) is 5.70. The molecular weight excluding hydrogens is 198 g/mol. The first-order valence-electron chi connectivity index (χ1n) is 5.93. The van der Waals surface area contributed by atoms with E-state index in [0.29, 0.717) is 5.88 Å². The van der Waals surface area contributed by atoms with Crippen LogP contribution >= 0.6 is 0 Å². The summed E-state index contributed by atoms with van der Waals surface area (Å²) in [6.45, 7) is 14.7. The normalized spacial score (nSPS) is 11.4. The Morgan fingerprint density at radius 2 is 1.56 bits per heavy atom. The van der Waals surface area contributed by atoms with Gasteiger partial charge in [0.1, 0.15) is 5.60 Å². The predicted molar refractivity (Wildman–Crippen MR) is 69.7 cm³/mol. The number of rotatable bonds is 2. The molecule has 0 aliphatic rings. The fraction of sp³-hybridized carbons (Fsp3) is 0.643. The third-order valence-corrected chi connectivity index (χ3v) is 2.80. The van der Waals surface area contributed by atoms with Gasteiger partial charge in [-0.3, -0.25) is 0 Å². The fourth-order valence-corrected chi connectivity index (χ4v) is 0.822. The molecule has 0 radical (unpaired) electrons. The van der Waals surface area contributed by atoms with Gasteiger partial charge in [-0.2, -0.15) is 0 Å². The van der Waals surface area contributed by atoms with E-state index < -0.39 is 0 Å². The van der Waals surface area contributed by atoms with Crippen LogP contribution in [-0.4, -0.2) is 10.6 Å². The van der Waals surface area contributed by atoms with Crippen LogP contribution in [0.5, 0.6) is 5.88 Å². The van der Waals surface area contributed by atoms with Crippen LogP contribution in [0.25, 0.3) is 0 Å². The summed E-state index contributed by atoms with van der Waals surface area (Å²) < 4.78 is 5.86. The molecule has 0 bridgehead atoms. The lowest BCUT2D eigenvalue weighted by atomic mass is 9.79. The molecule has 2 nitrogen and oxygen atoms in total. The molecule has 0 spiro atoms. The van der Waals surface area contributed by atoms with Gasteiger partial charge in [-0.25, -0.2) is 4.98 Å². The molecule has 0 atom stereocenters. The zero-order valence-corrected chi connectivity index (χ0v) is 11.7. The molecule has 0 aromatic carbocycles. The Hall–Kier alpha value is -1.05. The van der Waals surface area contributed by atoms with Crippen LogP contribution in [0.15, 0.2) is 24.4 Å². The minimum atomic E-state index is -0.221. The Labute approximate surface area is 100 Å². The van der Waals surface area contributed by atoms with Crippen LogP contribution in [0.2, 0.25) is 0 Å². The number of nitrogens with zero attached hydrogens (tertiary/aromatic N) is 1. The van der Waals surface area contributed by atoms with E-state index in [1.54, 1.807) is 6.20 Å². The zero-order valence-electron chi connectivity index (χ0n) is 11.7. The van der Waals surface area contributed by atoms with Gasteiger partial charge in [0, 0.05) is 17.7 Å². The summed E-state index contributed by atoms with van der Waals surface area (Å²) >= 11 is 0. The molecule has 1 aromatic heterocycles. The van der Waals surface area contributed by atoms with E-state index in [0.717, 1.165) is 0 Å². The molecule has 1 heterocycles. The highest BCUT2D eigenvalue weighted by Crippen LogP contribution is 2.33. The van der Waals surface area contributed by atoms with Gasteiger partial charge in [-0.1, -0.05) is 40.7 Å². The second-order valence-electron chi connectivity index (χ2n) is 5.03. The highest BCUT2D eigenvalue weighted by molar-refractivity contribution is 5.11. The maximum atomic E-state index is 5.86. The smallest absolute Gasteiger partial charge is 0.213 e. The Bertz CT molecular complexity index is 285. The van der Waals surface area contributed by atoms with Gasteiger partial charge in [0.2, 0.25) is 5.88 Å². The van der Waals surface area contributed by atoms with Crippen molar-refractivity contribution in [3.8, 4) is 5.88 Å². The predicted octanol–water partition coefficient (Wildman–Crippen LogP) is 4.31. The van der Waals surface area contributed by atoms with Crippen molar-refractivity contribution in [1.82, 2.24) is 4.98 Å². The average molecular weight is 223 g/mol. The van der Waals surface area contributed by atoms with Crippen molar-refractivity contribution >= 4 is 0 Å². The standard InChI is InChI=1S/C12H19NO.C2H6/c1-11(2,3)12(4,5)14-10-8-6-7-9-13-10;1-2/h6-9H,1-5H3;1-2H3. The van der Waals surface area contributed by atoms with Crippen molar-refractivity contribution in [3.63, 3.8) is 0 Å². The van der Waals surface area contributed by atoms with Gasteiger partial charge in [0.05, 0.1) is 0 Å². The fourth-order valence-electron chi connectivity index (χ4n) is 0.822. The minimum Gasteiger partial charge on any atom is -0.471 e. The molecule has 0 amide bonds. The average Bonchev–Trinajstić information content (AvgIpc) is 2.20. The quantitative estimate of drug-likeness (QED) is 0.745. The van der Waals surface area contributed by atoms with Crippen molar-refractivity contribution in [1.29, 1.82) is 0 Å². The second kappa shape index (κ2) is 5.88. The van der Waals surface area contributed by atoms with Gasteiger partial charge < -0.3 is 4.74 Å². The highest BCUT2D eigenvalue weighted by Gasteiger charge is 2.35. The van der Waals surface area contributed by atoms with Crippen molar-refractivity contribution in [3.05, 3.63) is 24.4 Å². The van der Waals surface area contributed by atoms with E-state index in [2.05, 4.69) is 39.6 Å². The molecular formula is C14H25NO. The van der Waals surface area contributed by atoms with Gasteiger partial charge in [0.25, 0.3) is 0 Å². The summed E-state index contributed by atoms with van der Waals surface area (Å²) in [6.07, 6.45) is 1.74. The largest absolute Gasteiger partial charge is 0.471 e. The van der Waals surface area contributed by atoms with Crippen LogP contribution < -0.4 is 4.74 Å². The summed E-state index contributed by atoms with van der Waals surface area (Å²) in [5.41, 5.74) is -0.133. The van der Waals surface area contributed by atoms with Crippen molar-refractivity contribution in [2.24, 2.45) is 5.41 Å². The summed E-state index contributed by atoms with van der Waals surface area (Å²) in [5.74, 6) is 0.687. The summed E-state index contributed by atoms with van der Waals surface area (Å²) in [7, 11) is 0. The van der Waals surface area contributed by atoms with Gasteiger partial charge >= 0.3 is 0 Å². The van der Waals surface area contributed by atoms with E-state index >= 15 is 0 Å². The Morgan fingerprint density at radius 1 is 1.00 bits per heavy atom.